The maximum atomic E-state index is 5.24. The lowest BCUT2D eigenvalue weighted by molar-refractivity contribution is 0.414. The van der Waals surface area contributed by atoms with Gasteiger partial charge in [0.2, 0.25) is 0 Å². The molecule has 3 aromatic rings. The molecule has 0 radical (unpaired) electrons. The normalized spacial score (nSPS) is 11.0. The molecular formula is C24H32IN5O. The van der Waals surface area contributed by atoms with Crippen molar-refractivity contribution in [3.05, 3.63) is 83.4 Å². The third-order valence-electron chi connectivity index (χ3n) is 4.95. The second-order valence-electron chi connectivity index (χ2n) is 7.30. The molecule has 0 saturated heterocycles. The number of nitrogens with zero attached hydrogens (tertiary/aromatic N) is 4. The number of aliphatic imine (C=N–C) groups is 1. The van der Waals surface area contributed by atoms with E-state index in [4.69, 9.17) is 9.73 Å². The largest absolute Gasteiger partial charge is 0.497 e. The molecule has 0 saturated carbocycles. The predicted molar refractivity (Wildman–Crippen MR) is 137 cm³/mol. The van der Waals surface area contributed by atoms with Gasteiger partial charge in [-0.3, -0.25) is 0 Å². The van der Waals surface area contributed by atoms with E-state index in [2.05, 4.69) is 70.1 Å². The van der Waals surface area contributed by atoms with E-state index in [1.165, 1.54) is 16.7 Å². The maximum Gasteiger partial charge on any atom is 0.194 e. The molecule has 1 N–H and O–H groups in total. The molecular weight excluding hydrogens is 501 g/mol. The van der Waals surface area contributed by atoms with Crippen molar-refractivity contribution in [2.45, 2.75) is 33.5 Å². The van der Waals surface area contributed by atoms with E-state index in [0.717, 1.165) is 37.2 Å². The van der Waals surface area contributed by atoms with Crippen LogP contribution >= 0.6 is 24.0 Å². The van der Waals surface area contributed by atoms with E-state index >= 15 is 0 Å². The summed E-state index contributed by atoms with van der Waals surface area (Å²) in [6, 6.07) is 16.7. The summed E-state index contributed by atoms with van der Waals surface area (Å²) in [4.78, 5) is 11.3. The van der Waals surface area contributed by atoms with Crippen molar-refractivity contribution < 1.29 is 4.74 Å². The summed E-state index contributed by atoms with van der Waals surface area (Å²) in [5.41, 5.74) is 3.65. The van der Waals surface area contributed by atoms with E-state index in [1.54, 1.807) is 7.11 Å². The minimum absolute atomic E-state index is 0. The molecule has 3 rings (SSSR count). The van der Waals surface area contributed by atoms with Crippen molar-refractivity contribution in [1.29, 1.82) is 0 Å². The Labute approximate surface area is 202 Å². The van der Waals surface area contributed by atoms with Crippen LogP contribution in [0.3, 0.4) is 0 Å². The second-order valence-corrected chi connectivity index (χ2v) is 7.30. The fraction of sp³-hybridized carbons (Fsp3) is 0.333. The molecule has 7 heteroatoms. The van der Waals surface area contributed by atoms with E-state index < -0.39 is 0 Å². The molecule has 0 spiro atoms. The number of ether oxygens (including phenoxy) is 1. The molecule has 0 bridgehead atoms. The average molecular weight is 533 g/mol. The van der Waals surface area contributed by atoms with Gasteiger partial charge in [-0.25, -0.2) is 9.98 Å². The zero-order valence-corrected chi connectivity index (χ0v) is 21.0. The number of benzene rings is 2. The van der Waals surface area contributed by atoms with E-state index in [1.807, 2.05) is 31.5 Å². The van der Waals surface area contributed by atoms with Gasteiger partial charge in [-0.1, -0.05) is 36.4 Å². The van der Waals surface area contributed by atoms with Gasteiger partial charge in [0.1, 0.15) is 11.6 Å². The Kier molecular flexibility index (Phi) is 9.84. The first-order valence-corrected chi connectivity index (χ1v) is 10.3. The minimum Gasteiger partial charge on any atom is -0.497 e. The van der Waals surface area contributed by atoms with E-state index in [-0.39, 0.29) is 24.0 Å². The van der Waals surface area contributed by atoms with Gasteiger partial charge < -0.3 is 19.5 Å². The van der Waals surface area contributed by atoms with Crippen molar-refractivity contribution in [3.63, 3.8) is 0 Å². The van der Waals surface area contributed by atoms with Crippen molar-refractivity contribution in [2.24, 2.45) is 4.99 Å². The van der Waals surface area contributed by atoms with Crippen LogP contribution in [0.4, 0.5) is 0 Å². The summed E-state index contributed by atoms with van der Waals surface area (Å²) in [6.45, 7) is 7.16. The third-order valence-corrected chi connectivity index (χ3v) is 4.95. The summed E-state index contributed by atoms with van der Waals surface area (Å²) < 4.78 is 7.39. The van der Waals surface area contributed by atoms with Gasteiger partial charge in [0, 0.05) is 39.1 Å². The van der Waals surface area contributed by atoms with Crippen molar-refractivity contribution in [1.82, 2.24) is 19.8 Å². The summed E-state index contributed by atoms with van der Waals surface area (Å²) in [7, 11) is 3.74. The number of hydrogen-bond donors (Lipinski definition) is 1. The number of aromatic nitrogens is 2. The molecule has 0 atom stereocenters. The summed E-state index contributed by atoms with van der Waals surface area (Å²) in [6.07, 6.45) is 3.85. The Bertz CT molecular complexity index is 968. The SMILES string of the molecule is CCNC(=NCc1cccc(Cn2ccnc2C)c1)N(C)Cc1ccc(OC)cc1.I. The highest BCUT2D eigenvalue weighted by molar-refractivity contribution is 14.0. The second kappa shape index (κ2) is 12.3. The van der Waals surface area contributed by atoms with Crippen LogP contribution in [0.5, 0.6) is 5.75 Å². The van der Waals surface area contributed by atoms with Gasteiger partial charge in [-0.15, -0.1) is 24.0 Å². The van der Waals surface area contributed by atoms with E-state index in [9.17, 15) is 0 Å². The molecule has 1 heterocycles. The van der Waals surface area contributed by atoms with Gasteiger partial charge in [-0.05, 0) is 42.7 Å². The van der Waals surface area contributed by atoms with Gasteiger partial charge in [0.25, 0.3) is 0 Å². The van der Waals surface area contributed by atoms with Crippen LogP contribution in [-0.4, -0.2) is 41.1 Å². The summed E-state index contributed by atoms with van der Waals surface area (Å²) in [5, 5.41) is 3.39. The predicted octanol–water partition coefficient (Wildman–Crippen LogP) is 4.46. The number of halogens is 1. The number of rotatable bonds is 8. The fourth-order valence-corrected chi connectivity index (χ4v) is 3.31. The average Bonchev–Trinajstić information content (AvgIpc) is 3.16. The molecule has 0 aliphatic heterocycles. The van der Waals surface area contributed by atoms with Crippen molar-refractivity contribution in [2.75, 3.05) is 20.7 Å². The minimum atomic E-state index is 0. The lowest BCUT2D eigenvalue weighted by Gasteiger charge is -2.22. The number of hydrogen-bond acceptors (Lipinski definition) is 3. The molecule has 31 heavy (non-hydrogen) atoms. The van der Waals surface area contributed by atoms with Gasteiger partial charge >= 0.3 is 0 Å². The Balaban J connectivity index is 0.00000341. The highest BCUT2D eigenvalue weighted by Crippen LogP contribution is 2.13. The summed E-state index contributed by atoms with van der Waals surface area (Å²) in [5.74, 6) is 2.78. The molecule has 0 amide bonds. The molecule has 166 valence electrons. The van der Waals surface area contributed by atoms with Crippen molar-refractivity contribution in [3.8, 4) is 5.75 Å². The molecule has 0 unspecified atom stereocenters. The van der Waals surface area contributed by atoms with Crippen LogP contribution in [0.1, 0.15) is 29.4 Å². The first-order chi connectivity index (χ1) is 14.6. The molecule has 0 aliphatic carbocycles. The number of aryl methyl sites for hydroxylation is 1. The Morgan fingerprint density at radius 2 is 1.87 bits per heavy atom. The number of guanidine groups is 1. The number of methoxy groups -OCH3 is 1. The lowest BCUT2D eigenvalue weighted by Crippen LogP contribution is -2.38. The molecule has 0 aliphatic rings. The first kappa shape index (κ1) is 24.7. The molecule has 1 aromatic heterocycles. The highest BCUT2D eigenvalue weighted by Gasteiger charge is 2.07. The van der Waals surface area contributed by atoms with Crippen LogP contribution in [0.2, 0.25) is 0 Å². The smallest absolute Gasteiger partial charge is 0.194 e. The molecule has 6 nitrogen and oxygen atoms in total. The number of nitrogens with one attached hydrogen (secondary N) is 1. The highest BCUT2D eigenvalue weighted by atomic mass is 127. The van der Waals surface area contributed by atoms with Crippen LogP contribution in [0, 0.1) is 6.92 Å². The Morgan fingerprint density at radius 1 is 1.13 bits per heavy atom. The number of imidazole rings is 1. The van der Waals surface area contributed by atoms with Crippen LogP contribution < -0.4 is 10.1 Å². The van der Waals surface area contributed by atoms with Gasteiger partial charge in [0.05, 0.1) is 13.7 Å². The Morgan fingerprint density at radius 3 is 2.52 bits per heavy atom. The monoisotopic (exact) mass is 533 g/mol. The molecule has 2 aromatic carbocycles. The van der Waals surface area contributed by atoms with Crippen LogP contribution in [-0.2, 0) is 19.6 Å². The summed E-state index contributed by atoms with van der Waals surface area (Å²) >= 11 is 0. The fourth-order valence-electron chi connectivity index (χ4n) is 3.31. The van der Waals surface area contributed by atoms with Crippen LogP contribution in [0.15, 0.2) is 65.9 Å². The Hall–Kier alpha value is -2.55. The van der Waals surface area contributed by atoms with Crippen LogP contribution in [0.25, 0.3) is 0 Å². The lowest BCUT2D eigenvalue weighted by atomic mass is 10.1. The van der Waals surface area contributed by atoms with Crippen molar-refractivity contribution >= 4 is 29.9 Å². The maximum absolute atomic E-state index is 5.24. The topological polar surface area (TPSA) is 54.7 Å². The standard InChI is InChI=1S/C24H31N5O.HI/c1-5-25-24(28(3)17-20-9-11-23(30-4)12-10-20)27-16-21-7-6-8-22(15-21)18-29-14-13-26-19(29)2;/h6-15H,5,16-18H2,1-4H3,(H,25,27);1H. The first-order valence-electron chi connectivity index (χ1n) is 10.3. The molecule has 0 fully saturated rings. The zero-order chi connectivity index (χ0) is 21.3. The van der Waals surface area contributed by atoms with Gasteiger partial charge in [0.15, 0.2) is 5.96 Å². The third kappa shape index (κ3) is 7.27. The van der Waals surface area contributed by atoms with E-state index in [0.29, 0.717) is 6.54 Å². The van der Waals surface area contributed by atoms with Gasteiger partial charge in [-0.2, -0.15) is 0 Å². The quantitative estimate of drug-likeness (QED) is 0.264. The zero-order valence-electron chi connectivity index (χ0n) is 18.7.